The van der Waals surface area contributed by atoms with Crippen LogP contribution in [0.1, 0.15) is 0 Å². The van der Waals surface area contributed by atoms with Gasteiger partial charge in [-0.05, 0) is 12.3 Å². The number of alkyl halides is 1. The maximum Gasteiger partial charge on any atom is 0.0756 e. The minimum Gasteiger partial charge on any atom is -0.374 e. The van der Waals surface area contributed by atoms with Crippen molar-refractivity contribution in [3.05, 3.63) is 18.8 Å². The Labute approximate surface area is 48.6 Å². The summed E-state index contributed by atoms with van der Waals surface area (Å²) in [7, 11) is 1.96. The van der Waals surface area contributed by atoms with Crippen molar-refractivity contribution in [2.75, 3.05) is 7.05 Å². The van der Waals surface area contributed by atoms with Gasteiger partial charge in [0.25, 0.3) is 0 Å². The van der Waals surface area contributed by atoms with Crippen molar-refractivity contribution >= 4 is 11.6 Å². The Hall–Kier alpha value is -0.170. The molecule has 0 saturated heterocycles. The first kappa shape index (κ1) is 4.98. The van der Waals surface area contributed by atoms with E-state index in [0.29, 0.717) is 0 Å². The van der Waals surface area contributed by atoms with Gasteiger partial charge in [-0.3, -0.25) is 0 Å². The SMILES string of the molecule is CN1[CH]C(Cl)C=C1. The fraction of sp³-hybridized carbons (Fsp3) is 0.400. The smallest absolute Gasteiger partial charge is 0.0756 e. The lowest BCUT2D eigenvalue weighted by atomic mass is 10.5. The maximum atomic E-state index is 5.62. The first-order chi connectivity index (χ1) is 3.29. The van der Waals surface area contributed by atoms with Crippen LogP contribution in [-0.4, -0.2) is 17.3 Å². The summed E-state index contributed by atoms with van der Waals surface area (Å²) in [5.41, 5.74) is 0. The van der Waals surface area contributed by atoms with Gasteiger partial charge >= 0.3 is 0 Å². The fourth-order valence-electron chi connectivity index (χ4n) is 0.542. The highest BCUT2D eigenvalue weighted by molar-refractivity contribution is 6.22. The predicted molar refractivity (Wildman–Crippen MR) is 30.8 cm³/mol. The lowest BCUT2D eigenvalue weighted by molar-refractivity contribution is 0.577. The van der Waals surface area contributed by atoms with Gasteiger partial charge in [0.05, 0.1) is 11.9 Å². The van der Waals surface area contributed by atoms with E-state index < -0.39 is 0 Å². The molecule has 0 aromatic carbocycles. The monoisotopic (exact) mass is 116 g/mol. The van der Waals surface area contributed by atoms with E-state index in [4.69, 9.17) is 11.6 Å². The van der Waals surface area contributed by atoms with E-state index in [1.165, 1.54) is 0 Å². The van der Waals surface area contributed by atoms with Crippen LogP contribution in [0.5, 0.6) is 0 Å². The summed E-state index contributed by atoms with van der Waals surface area (Å²) in [5.74, 6) is 0. The molecular weight excluding hydrogens is 110 g/mol. The molecule has 1 aliphatic heterocycles. The Balaban J connectivity index is 2.42. The molecule has 0 bridgehead atoms. The lowest BCUT2D eigenvalue weighted by Crippen LogP contribution is -2.04. The van der Waals surface area contributed by atoms with E-state index in [-0.39, 0.29) is 5.38 Å². The molecule has 0 aromatic rings. The second-order valence-corrected chi connectivity index (χ2v) is 2.10. The third-order valence-corrected chi connectivity index (χ3v) is 1.14. The summed E-state index contributed by atoms with van der Waals surface area (Å²) in [6.07, 6.45) is 3.87. The zero-order valence-electron chi connectivity index (χ0n) is 4.13. The first-order valence-electron chi connectivity index (χ1n) is 2.18. The van der Waals surface area contributed by atoms with Gasteiger partial charge < -0.3 is 4.90 Å². The molecule has 0 aliphatic carbocycles. The van der Waals surface area contributed by atoms with Crippen LogP contribution in [0.4, 0.5) is 0 Å². The quantitative estimate of drug-likeness (QED) is 0.430. The summed E-state index contributed by atoms with van der Waals surface area (Å²) in [6.45, 7) is 1.93. The van der Waals surface area contributed by atoms with Crippen molar-refractivity contribution in [3.8, 4) is 0 Å². The average Bonchev–Trinajstić information content (AvgIpc) is 1.87. The molecule has 39 valence electrons. The van der Waals surface area contributed by atoms with Gasteiger partial charge in [0, 0.05) is 7.05 Å². The third kappa shape index (κ3) is 1.10. The van der Waals surface area contributed by atoms with Gasteiger partial charge in [-0.15, -0.1) is 11.6 Å². The molecule has 0 aromatic heterocycles. The van der Waals surface area contributed by atoms with Crippen LogP contribution in [0, 0.1) is 6.54 Å². The van der Waals surface area contributed by atoms with Crippen molar-refractivity contribution in [3.63, 3.8) is 0 Å². The van der Waals surface area contributed by atoms with E-state index in [1.54, 1.807) is 0 Å². The van der Waals surface area contributed by atoms with Crippen LogP contribution < -0.4 is 0 Å². The van der Waals surface area contributed by atoms with Crippen LogP contribution >= 0.6 is 11.6 Å². The van der Waals surface area contributed by atoms with Crippen LogP contribution in [0.3, 0.4) is 0 Å². The van der Waals surface area contributed by atoms with E-state index in [1.807, 2.05) is 30.8 Å². The highest BCUT2D eigenvalue weighted by atomic mass is 35.5. The molecule has 0 N–H and O–H groups in total. The first-order valence-corrected chi connectivity index (χ1v) is 2.62. The Morgan fingerprint density at radius 3 is 2.57 bits per heavy atom. The van der Waals surface area contributed by atoms with Gasteiger partial charge in [-0.2, -0.15) is 0 Å². The van der Waals surface area contributed by atoms with E-state index in [9.17, 15) is 0 Å². The van der Waals surface area contributed by atoms with Gasteiger partial charge in [0.1, 0.15) is 0 Å². The molecule has 1 rings (SSSR count). The Bertz CT molecular complexity index is 80.1. The van der Waals surface area contributed by atoms with Crippen molar-refractivity contribution in [1.29, 1.82) is 0 Å². The van der Waals surface area contributed by atoms with Crippen LogP contribution in [0.15, 0.2) is 12.3 Å². The molecule has 0 saturated carbocycles. The molecule has 1 heterocycles. The number of nitrogens with zero attached hydrogens (tertiary/aromatic N) is 1. The second kappa shape index (κ2) is 1.74. The molecule has 7 heavy (non-hydrogen) atoms. The molecule has 1 atom stereocenters. The molecule has 2 heteroatoms. The fourth-order valence-corrected chi connectivity index (χ4v) is 0.785. The minimum atomic E-state index is 0.116. The standard InChI is InChI=1S/C5H7ClN/c1-7-3-2-5(6)4-7/h2-5H,1H3. The Morgan fingerprint density at radius 2 is 2.43 bits per heavy atom. The average molecular weight is 117 g/mol. The highest BCUT2D eigenvalue weighted by Crippen LogP contribution is 2.12. The zero-order valence-corrected chi connectivity index (χ0v) is 4.89. The summed E-state index contributed by atoms with van der Waals surface area (Å²) in [6, 6.07) is 0. The lowest BCUT2D eigenvalue weighted by Gasteiger charge is -2.04. The molecule has 1 aliphatic rings. The topological polar surface area (TPSA) is 3.24 Å². The summed E-state index contributed by atoms with van der Waals surface area (Å²) >= 11 is 5.62. The van der Waals surface area contributed by atoms with Gasteiger partial charge in [-0.1, -0.05) is 0 Å². The second-order valence-electron chi connectivity index (χ2n) is 1.60. The Morgan fingerprint density at radius 1 is 1.71 bits per heavy atom. The predicted octanol–water partition coefficient (Wildman–Crippen LogP) is 1.21. The highest BCUT2D eigenvalue weighted by Gasteiger charge is 2.07. The van der Waals surface area contributed by atoms with Gasteiger partial charge in [-0.25, -0.2) is 0 Å². The number of hydrogen-bond acceptors (Lipinski definition) is 1. The zero-order chi connectivity index (χ0) is 5.28. The number of halogens is 1. The molecule has 1 radical (unpaired) electrons. The van der Waals surface area contributed by atoms with Crippen molar-refractivity contribution in [2.45, 2.75) is 5.38 Å². The van der Waals surface area contributed by atoms with Crippen molar-refractivity contribution in [1.82, 2.24) is 4.90 Å². The van der Waals surface area contributed by atoms with E-state index in [2.05, 4.69) is 0 Å². The molecular formula is C5H7ClN. The van der Waals surface area contributed by atoms with Crippen molar-refractivity contribution < 1.29 is 0 Å². The van der Waals surface area contributed by atoms with Gasteiger partial charge in [0.2, 0.25) is 0 Å². The molecule has 0 amide bonds. The van der Waals surface area contributed by atoms with Crippen LogP contribution in [-0.2, 0) is 0 Å². The molecule has 1 unspecified atom stereocenters. The minimum absolute atomic E-state index is 0.116. The van der Waals surface area contributed by atoms with Crippen molar-refractivity contribution in [2.24, 2.45) is 0 Å². The molecule has 0 fully saturated rings. The summed E-state index contributed by atoms with van der Waals surface area (Å²) < 4.78 is 0. The summed E-state index contributed by atoms with van der Waals surface area (Å²) in [4.78, 5) is 1.94. The number of hydrogen-bond donors (Lipinski definition) is 0. The van der Waals surface area contributed by atoms with E-state index in [0.717, 1.165) is 0 Å². The third-order valence-electron chi connectivity index (χ3n) is 0.883. The Kier molecular flexibility index (Phi) is 1.24. The number of rotatable bonds is 0. The van der Waals surface area contributed by atoms with Crippen LogP contribution in [0.2, 0.25) is 0 Å². The largest absolute Gasteiger partial charge is 0.374 e. The molecule has 1 nitrogen and oxygen atoms in total. The van der Waals surface area contributed by atoms with E-state index >= 15 is 0 Å². The van der Waals surface area contributed by atoms with Gasteiger partial charge in [0.15, 0.2) is 0 Å². The normalized spacial score (nSPS) is 29.4. The maximum absolute atomic E-state index is 5.62. The van der Waals surface area contributed by atoms with Crippen LogP contribution in [0.25, 0.3) is 0 Å². The molecule has 0 spiro atoms. The summed E-state index contributed by atoms with van der Waals surface area (Å²) in [5, 5.41) is 0.116.